The van der Waals surface area contributed by atoms with Gasteiger partial charge in [0.2, 0.25) is 5.92 Å². The Morgan fingerprint density at radius 1 is 0.972 bits per heavy atom. The molecule has 1 amide bonds. The van der Waals surface area contributed by atoms with Gasteiger partial charge in [0.25, 0.3) is 5.91 Å². The van der Waals surface area contributed by atoms with Crippen molar-refractivity contribution in [3.05, 3.63) is 89.7 Å². The summed E-state index contributed by atoms with van der Waals surface area (Å²) < 4.78 is 26.7. The number of benzene rings is 2. The Morgan fingerprint density at radius 3 is 2.31 bits per heavy atom. The van der Waals surface area contributed by atoms with E-state index in [1.165, 1.54) is 0 Å². The fourth-order valence-corrected chi connectivity index (χ4v) is 4.35. The lowest BCUT2D eigenvalue weighted by atomic mass is 9.92. The molecule has 0 aliphatic heterocycles. The predicted octanol–water partition coefficient (Wildman–Crippen LogP) is 4.56. The Balaban J connectivity index is 1.36. The number of Topliss-reactive ketones (excluding diaryl/α,β-unsaturated/α-hetero) is 1. The Morgan fingerprint density at radius 2 is 1.64 bits per heavy atom. The molecule has 3 N–H and O–H groups in total. The standard InChI is InChI=1S/C28H29F2N3O3/c29-28(30)12-8-24(9-13-28)32-17-26(35)23-3-1-2-22(16-23)25(18-34)33-27(36)21-6-4-19(5-7-21)20-10-14-31-15-11-20/h1-7,10-11,14-16,24-25,32,34H,8-9,12-13,17-18H2,(H,33,36)/t25-/m1/s1. The number of hydrogen-bond donors (Lipinski definition) is 3. The average Bonchev–Trinajstić information content (AvgIpc) is 2.91. The molecule has 1 saturated carbocycles. The number of pyridine rings is 1. The van der Waals surface area contributed by atoms with Crippen molar-refractivity contribution in [1.29, 1.82) is 0 Å². The number of aliphatic hydroxyl groups excluding tert-OH is 1. The zero-order chi connectivity index (χ0) is 25.5. The quantitative estimate of drug-likeness (QED) is 0.380. The number of aliphatic hydroxyl groups is 1. The summed E-state index contributed by atoms with van der Waals surface area (Å²) in [6.07, 6.45) is 3.74. The third-order valence-corrected chi connectivity index (χ3v) is 6.53. The molecule has 0 spiro atoms. The molecule has 3 aromatic rings. The molecule has 0 saturated heterocycles. The normalized spacial score (nSPS) is 16.3. The number of carbonyl (C=O) groups is 2. The molecule has 1 aromatic heterocycles. The summed E-state index contributed by atoms with van der Waals surface area (Å²) in [6.45, 7) is -0.299. The van der Waals surface area contributed by atoms with Crippen molar-refractivity contribution < 1.29 is 23.5 Å². The predicted molar refractivity (Wildman–Crippen MR) is 133 cm³/mol. The summed E-state index contributed by atoms with van der Waals surface area (Å²) >= 11 is 0. The summed E-state index contributed by atoms with van der Waals surface area (Å²) in [5, 5.41) is 15.8. The minimum atomic E-state index is -2.61. The van der Waals surface area contributed by atoms with E-state index < -0.39 is 12.0 Å². The molecule has 4 rings (SSSR count). The summed E-state index contributed by atoms with van der Waals surface area (Å²) in [5.41, 5.74) is 3.41. The van der Waals surface area contributed by atoms with Crippen molar-refractivity contribution >= 4 is 11.7 Å². The van der Waals surface area contributed by atoms with E-state index >= 15 is 0 Å². The van der Waals surface area contributed by atoms with Gasteiger partial charge in [0.15, 0.2) is 5.78 Å². The van der Waals surface area contributed by atoms with Gasteiger partial charge in [-0.05, 0) is 59.9 Å². The second kappa shape index (κ2) is 11.5. The topological polar surface area (TPSA) is 91.3 Å². The molecule has 36 heavy (non-hydrogen) atoms. The second-order valence-corrected chi connectivity index (χ2v) is 9.08. The molecule has 6 nitrogen and oxygen atoms in total. The molecular formula is C28H29F2N3O3. The first-order valence-electron chi connectivity index (χ1n) is 12.0. The molecule has 188 valence electrons. The fourth-order valence-electron chi connectivity index (χ4n) is 4.35. The minimum absolute atomic E-state index is 0.0413. The summed E-state index contributed by atoms with van der Waals surface area (Å²) in [5.74, 6) is -3.13. The van der Waals surface area contributed by atoms with Crippen molar-refractivity contribution in [1.82, 2.24) is 15.6 Å². The number of rotatable bonds is 9. The maximum Gasteiger partial charge on any atom is 0.251 e. The SMILES string of the molecule is O=C(CNC1CCC(F)(F)CC1)c1cccc([C@@H](CO)NC(=O)c2ccc(-c3ccncc3)cc2)c1. The number of amides is 1. The number of nitrogens with one attached hydrogen (secondary N) is 2. The zero-order valence-electron chi connectivity index (χ0n) is 19.8. The smallest absolute Gasteiger partial charge is 0.251 e. The summed E-state index contributed by atoms with van der Waals surface area (Å²) in [7, 11) is 0. The van der Waals surface area contributed by atoms with Crippen LogP contribution in [0.3, 0.4) is 0 Å². The summed E-state index contributed by atoms with van der Waals surface area (Å²) in [6, 6.07) is 16.8. The molecule has 0 unspecified atom stereocenters. The van der Waals surface area contributed by atoms with Gasteiger partial charge in [-0.15, -0.1) is 0 Å². The van der Waals surface area contributed by atoms with Crippen molar-refractivity contribution in [2.24, 2.45) is 0 Å². The molecule has 8 heteroatoms. The fraction of sp³-hybridized carbons (Fsp3) is 0.321. The van der Waals surface area contributed by atoms with Gasteiger partial charge in [0.05, 0.1) is 19.2 Å². The van der Waals surface area contributed by atoms with Gasteiger partial charge in [-0.3, -0.25) is 14.6 Å². The van der Waals surface area contributed by atoms with E-state index in [0.717, 1.165) is 11.1 Å². The molecule has 1 fully saturated rings. The average molecular weight is 494 g/mol. The van der Waals surface area contributed by atoms with Gasteiger partial charge in [-0.1, -0.05) is 30.3 Å². The number of ketones is 1. The van der Waals surface area contributed by atoms with E-state index in [9.17, 15) is 23.5 Å². The van der Waals surface area contributed by atoms with Crippen LogP contribution in [-0.2, 0) is 0 Å². The largest absolute Gasteiger partial charge is 0.394 e. The minimum Gasteiger partial charge on any atom is -0.394 e. The Kier molecular flexibility index (Phi) is 8.18. The zero-order valence-corrected chi connectivity index (χ0v) is 19.8. The van der Waals surface area contributed by atoms with E-state index in [1.54, 1.807) is 48.8 Å². The number of aromatic nitrogens is 1. The van der Waals surface area contributed by atoms with Crippen LogP contribution in [-0.4, -0.2) is 46.9 Å². The third kappa shape index (κ3) is 6.59. The monoisotopic (exact) mass is 493 g/mol. The Bertz CT molecular complexity index is 1180. The number of halogens is 2. The van der Waals surface area contributed by atoms with Crippen LogP contribution in [0.25, 0.3) is 11.1 Å². The van der Waals surface area contributed by atoms with E-state index in [2.05, 4.69) is 15.6 Å². The van der Waals surface area contributed by atoms with Crippen LogP contribution in [0.5, 0.6) is 0 Å². The van der Waals surface area contributed by atoms with Crippen LogP contribution in [0, 0.1) is 0 Å². The molecule has 2 aromatic carbocycles. The highest BCUT2D eigenvalue weighted by Gasteiger charge is 2.34. The van der Waals surface area contributed by atoms with Crippen molar-refractivity contribution in [3.63, 3.8) is 0 Å². The van der Waals surface area contributed by atoms with E-state index in [1.807, 2.05) is 24.3 Å². The number of alkyl halides is 2. The van der Waals surface area contributed by atoms with Crippen LogP contribution in [0.2, 0.25) is 0 Å². The van der Waals surface area contributed by atoms with Crippen molar-refractivity contribution in [2.75, 3.05) is 13.2 Å². The number of nitrogens with zero attached hydrogens (tertiary/aromatic N) is 1. The van der Waals surface area contributed by atoms with E-state index in [0.29, 0.717) is 29.5 Å². The molecule has 1 heterocycles. The third-order valence-electron chi connectivity index (χ3n) is 6.53. The molecular weight excluding hydrogens is 464 g/mol. The van der Waals surface area contributed by atoms with Gasteiger partial charge in [0.1, 0.15) is 0 Å². The maximum absolute atomic E-state index is 13.3. The first-order chi connectivity index (χ1) is 17.3. The summed E-state index contributed by atoms with van der Waals surface area (Å²) in [4.78, 5) is 29.5. The van der Waals surface area contributed by atoms with Crippen LogP contribution in [0.1, 0.15) is 58.0 Å². The van der Waals surface area contributed by atoms with Crippen LogP contribution in [0.4, 0.5) is 8.78 Å². The molecule has 0 bridgehead atoms. The Labute approximate surface area is 208 Å². The first kappa shape index (κ1) is 25.6. The molecule has 1 atom stereocenters. The van der Waals surface area contributed by atoms with Crippen LogP contribution < -0.4 is 10.6 Å². The number of carbonyl (C=O) groups excluding carboxylic acids is 2. The van der Waals surface area contributed by atoms with Crippen LogP contribution >= 0.6 is 0 Å². The molecule has 1 aliphatic carbocycles. The van der Waals surface area contributed by atoms with Gasteiger partial charge in [0, 0.05) is 42.4 Å². The lowest BCUT2D eigenvalue weighted by Gasteiger charge is -2.28. The van der Waals surface area contributed by atoms with E-state index in [4.69, 9.17) is 0 Å². The van der Waals surface area contributed by atoms with Gasteiger partial charge < -0.3 is 15.7 Å². The lowest BCUT2D eigenvalue weighted by Crippen LogP contribution is -2.39. The molecule has 0 radical (unpaired) electrons. The van der Waals surface area contributed by atoms with Gasteiger partial charge in [-0.25, -0.2) is 8.78 Å². The highest BCUT2D eigenvalue weighted by Crippen LogP contribution is 2.33. The highest BCUT2D eigenvalue weighted by molar-refractivity contribution is 5.98. The van der Waals surface area contributed by atoms with Gasteiger partial charge in [-0.2, -0.15) is 0 Å². The maximum atomic E-state index is 13.3. The van der Waals surface area contributed by atoms with Crippen LogP contribution in [0.15, 0.2) is 73.1 Å². The van der Waals surface area contributed by atoms with Crippen molar-refractivity contribution in [2.45, 2.75) is 43.7 Å². The van der Waals surface area contributed by atoms with E-state index in [-0.39, 0.29) is 43.7 Å². The van der Waals surface area contributed by atoms with Gasteiger partial charge >= 0.3 is 0 Å². The highest BCUT2D eigenvalue weighted by atomic mass is 19.3. The van der Waals surface area contributed by atoms with Crippen molar-refractivity contribution in [3.8, 4) is 11.1 Å². The lowest BCUT2D eigenvalue weighted by molar-refractivity contribution is -0.0401. The second-order valence-electron chi connectivity index (χ2n) is 9.08. The number of hydrogen-bond acceptors (Lipinski definition) is 5. The Hall–Kier alpha value is -3.49. The molecule has 1 aliphatic rings. The first-order valence-corrected chi connectivity index (χ1v) is 12.0.